The molecule has 132 valence electrons. The Kier molecular flexibility index (Phi) is 5.28. The minimum absolute atomic E-state index is 0.00745. The zero-order valence-corrected chi connectivity index (χ0v) is 14.6. The van der Waals surface area contributed by atoms with Gasteiger partial charge in [-0.05, 0) is 18.1 Å². The van der Waals surface area contributed by atoms with Crippen LogP contribution in [0.5, 0.6) is 0 Å². The minimum Gasteiger partial charge on any atom is -0.378 e. The summed E-state index contributed by atoms with van der Waals surface area (Å²) in [4.78, 5) is 31.2. The lowest BCUT2D eigenvalue weighted by Gasteiger charge is -2.26. The Hall–Kier alpha value is -2.47. The normalized spacial score (nSPS) is 14.8. The lowest BCUT2D eigenvalue weighted by molar-refractivity contribution is -0.134. The third kappa shape index (κ3) is 3.96. The van der Waals surface area contributed by atoms with E-state index in [1.165, 1.54) is 0 Å². The van der Waals surface area contributed by atoms with Crippen molar-refractivity contribution >= 4 is 22.7 Å². The van der Waals surface area contributed by atoms with Crippen molar-refractivity contribution in [2.45, 2.75) is 19.8 Å². The summed E-state index contributed by atoms with van der Waals surface area (Å²) in [5.74, 6) is -0.118. The van der Waals surface area contributed by atoms with E-state index in [2.05, 4.69) is 10.3 Å². The highest BCUT2D eigenvalue weighted by molar-refractivity contribution is 6.07. The molecular formula is C19H23N3O3. The van der Waals surface area contributed by atoms with Gasteiger partial charge in [0.15, 0.2) is 0 Å². The van der Waals surface area contributed by atoms with E-state index in [4.69, 9.17) is 4.74 Å². The van der Waals surface area contributed by atoms with E-state index in [9.17, 15) is 9.59 Å². The number of morpholine rings is 1. The maximum Gasteiger partial charge on any atom is 0.252 e. The van der Waals surface area contributed by atoms with Gasteiger partial charge >= 0.3 is 0 Å². The van der Waals surface area contributed by atoms with Crippen molar-refractivity contribution in [3.05, 3.63) is 41.6 Å². The molecule has 25 heavy (non-hydrogen) atoms. The summed E-state index contributed by atoms with van der Waals surface area (Å²) < 4.78 is 5.24. The first-order valence-electron chi connectivity index (χ1n) is 8.59. The molecule has 1 saturated heterocycles. The van der Waals surface area contributed by atoms with Crippen LogP contribution in [0, 0.1) is 0 Å². The van der Waals surface area contributed by atoms with Gasteiger partial charge in [0.1, 0.15) is 0 Å². The average molecular weight is 341 g/mol. The number of amides is 2. The molecule has 1 fully saturated rings. The molecule has 1 aliphatic rings. The number of benzene rings is 1. The summed E-state index contributed by atoms with van der Waals surface area (Å²) in [5, 5.41) is 3.55. The molecule has 0 aliphatic carbocycles. The molecule has 1 aromatic heterocycles. The zero-order valence-electron chi connectivity index (χ0n) is 14.6. The number of rotatable bonds is 4. The highest BCUT2D eigenvalue weighted by atomic mass is 16.5. The van der Waals surface area contributed by atoms with E-state index in [1.54, 1.807) is 4.90 Å². The molecule has 6 nitrogen and oxygen atoms in total. The standard InChI is InChI=1S/C19H23N3O3/c1-13(2)17-11-15(14-5-3-4-6-16(14)21-17)19(24)20-12-18(23)22-7-9-25-10-8-22/h3-6,11,13H,7-10,12H2,1-2H3,(H,20,24). The molecule has 2 heterocycles. The topological polar surface area (TPSA) is 71.5 Å². The van der Waals surface area contributed by atoms with Crippen molar-refractivity contribution in [1.29, 1.82) is 0 Å². The van der Waals surface area contributed by atoms with Crippen molar-refractivity contribution in [1.82, 2.24) is 15.2 Å². The van der Waals surface area contributed by atoms with Crippen molar-refractivity contribution in [2.75, 3.05) is 32.8 Å². The molecule has 1 aliphatic heterocycles. The molecule has 3 rings (SSSR count). The van der Waals surface area contributed by atoms with Crippen LogP contribution in [0.3, 0.4) is 0 Å². The van der Waals surface area contributed by atoms with Gasteiger partial charge in [0.2, 0.25) is 5.91 Å². The Morgan fingerprint density at radius 3 is 2.68 bits per heavy atom. The quantitative estimate of drug-likeness (QED) is 0.923. The lowest BCUT2D eigenvalue weighted by Crippen LogP contribution is -2.45. The first-order valence-corrected chi connectivity index (χ1v) is 8.59. The molecule has 6 heteroatoms. The highest BCUT2D eigenvalue weighted by Gasteiger charge is 2.19. The summed E-state index contributed by atoms with van der Waals surface area (Å²) in [6.07, 6.45) is 0. The fourth-order valence-electron chi connectivity index (χ4n) is 2.86. The molecular weight excluding hydrogens is 318 g/mol. The fraction of sp³-hybridized carbons (Fsp3) is 0.421. The lowest BCUT2D eigenvalue weighted by atomic mass is 10.0. The Balaban J connectivity index is 1.78. The fourth-order valence-corrected chi connectivity index (χ4v) is 2.86. The van der Waals surface area contributed by atoms with Gasteiger partial charge in [0.05, 0.1) is 30.8 Å². The van der Waals surface area contributed by atoms with E-state index in [0.717, 1.165) is 16.6 Å². The van der Waals surface area contributed by atoms with E-state index >= 15 is 0 Å². The summed E-state index contributed by atoms with van der Waals surface area (Å²) in [5.41, 5.74) is 2.21. The molecule has 0 radical (unpaired) electrons. The van der Waals surface area contributed by atoms with Crippen LogP contribution in [0.25, 0.3) is 10.9 Å². The largest absolute Gasteiger partial charge is 0.378 e. The van der Waals surface area contributed by atoms with Gasteiger partial charge in [0.25, 0.3) is 5.91 Å². The summed E-state index contributed by atoms with van der Waals surface area (Å²) in [6, 6.07) is 9.39. The van der Waals surface area contributed by atoms with Crippen molar-refractivity contribution in [3.8, 4) is 0 Å². The van der Waals surface area contributed by atoms with Crippen molar-refractivity contribution < 1.29 is 14.3 Å². The predicted octanol–water partition coefficient (Wildman–Crippen LogP) is 1.95. The first-order chi connectivity index (χ1) is 12.1. The number of nitrogens with zero attached hydrogens (tertiary/aromatic N) is 2. The Labute approximate surface area is 147 Å². The summed E-state index contributed by atoms with van der Waals surface area (Å²) in [7, 11) is 0. The van der Waals surface area contributed by atoms with Crippen molar-refractivity contribution in [2.24, 2.45) is 0 Å². The maximum absolute atomic E-state index is 12.7. The molecule has 0 spiro atoms. The number of carbonyl (C=O) groups is 2. The van der Waals surface area contributed by atoms with Crippen LogP contribution in [0.1, 0.15) is 35.8 Å². The van der Waals surface area contributed by atoms with Gasteiger partial charge in [-0.1, -0.05) is 32.0 Å². The van der Waals surface area contributed by atoms with Crippen LogP contribution in [-0.2, 0) is 9.53 Å². The van der Waals surface area contributed by atoms with E-state index in [0.29, 0.717) is 31.9 Å². The number of hydrogen-bond acceptors (Lipinski definition) is 4. The summed E-state index contributed by atoms with van der Waals surface area (Å²) in [6.45, 7) is 6.32. The van der Waals surface area contributed by atoms with Gasteiger partial charge in [-0.25, -0.2) is 0 Å². The average Bonchev–Trinajstić information content (AvgIpc) is 2.65. The number of pyridine rings is 1. The van der Waals surface area contributed by atoms with E-state index in [-0.39, 0.29) is 24.3 Å². The molecule has 0 bridgehead atoms. The van der Waals surface area contributed by atoms with Gasteiger partial charge in [-0.3, -0.25) is 14.6 Å². The van der Waals surface area contributed by atoms with Crippen LogP contribution in [0.4, 0.5) is 0 Å². The van der Waals surface area contributed by atoms with Gasteiger partial charge in [0, 0.05) is 24.2 Å². The third-order valence-electron chi connectivity index (χ3n) is 4.34. The van der Waals surface area contributed by atoms with Crippen LogP contribution in [0.2, 0.25) is 0 Å². The molecule has 2 amide bonds. The van der Waals surface area contributed by atoms with Crippen LogP contribution in [0.15, 0.2) is 30.3 Å². The van der Waals surface area contributed by atoms with Gasteiger partial charge in [-0.15, -0.1) is 0 Å². The first kappa shape index (κ1) is 17.4. The van der Waals surface area contributed by atoms with Crippen molar-refractivity contribution in [3.63, 3.8) is 0 Å². The Bertz CT molecular complexity index is 783. The number of hydrogen-bond donors (Lipinski definition) is 1. The molecule has 0 saturated carbocycles. The molecule has 1 N–H and O–H groups in total. The van der Waals surface area contributed by atoms with E-state index in [1.807, 2.05) is 44.2 Å². The summed E-state index contributed by atoms with van der Waals surface area (Å²) >= 11 is 0. The zero-order chi connectivity index (χ0) is 17.8. The molecule has 0 atom stereocenters. The number of fused-ring (bicyclic) bond motifs is 1. The third-order valence-corrected chi connectivity index (χ3v) is 4.34. The second-order valence-corrected chi connectivity index (χ2v) is 6.44. The number of ether oxygens (including phenoxy) is 1. The predicted molar refractivity (Wildman–Crippen MR) is 95.6 cm³/mol. The number of carbonyl (C=O) groups excluding carboxylic acids is 2. The van der Waals surface area contributed by atoms with Gasteiger partial charge < -0.3 is 15.0 Å². The number of aromatic nitrogens is 1. The highest BCUT2D eigenvalue weighted by Crippen LogP contribution is 2.22. The smallest absolute Gasteiger partial charge is 0.252 e. The monoisotopic (exact) mass is 341 g/mol. The molecule has 1 aromatic carbocycles. The molecule has 2 aromatic rings. The maximum atomic E-state index is 12.7. The Morgan fingerprint density at radius 1 is 1.24 bits per heavy atom. The van der Waals surface area contributed by atoms with Crippen LogP contribution < -0.4 is 5.32 Å². The number of para-hydroxylation sites is 1. The molecule has 0 unspecified atom stereocenters. The van der Waals surface area contributed by atoms with Crippen LogP contribution in [-0.4, -0.2) is 54.5 Å². The Morgan fingerprint density at radius 2 is 1.96 bits per heavy atom. The second kappa shape index (κ2) is 7.61. The van der Waals surface area contributed by atoms with Gasteiger partial charge in [-0.2, -0.15) is 0 Å². The van der Waals surface area contributed by atoms with Crippen LogP contribution >= 0.6 is 0 Å². The SMILES string of the molecule is CC(C)c1cc(C(=O)NCC(=O)N2CCOCC2)c2ccccc2n1. The van der Waals surface area contributed by atoms with E-state index < -0.39 is 0 Å². The minimum atomic E-state index is -0.248. The second-order valence-electron chi connectivity index (χ2n) is 6.44. The number of nitrogens with one attached hydrogen (secondary N) is 1.